The molecule has 0 aromatic rings. The third kappa shape index (κ3) is 2.46. The quantitative estimate of drug-likeness (QED) is 0.520. The molecular weight excluding hydrogens is 152 g/mol. The number of rotatable bonds is 4. The fourth-order valence-electron chi connectivity index (χ4n) is 2.08. The Morgan fingerprint density at radius 1 is 1.25 bits per heavy atom. The average molecular weight is 172 g/mol. The van der Waals surface area contributed by atoms with Gasteiger partial charge < -0.3 is 0 Å². The van der Waals surface area contributed by atoms with Crippen molar-refractivity contribution < 1.29 is 10.1 Å². The Labute approximate surface area is 74.9 Å². The minimum atomic E-state index is -0.172. The van der Waals surface area contributed by atoms with Crippen LogP contribution in [0.3, 0.4) is 0 Å². The van der Waals surface area contributed by atoms with E-state index in [0.717, 1.165) is 19.3 Å². The summed E-state index contributed by atoms with van der Waals surface area (Å²) in [6.45, 7) is 2.17. The highest BCUT2D eigenvalue weighted by Gasteiger charge is 2.32. The Hall–Kier alpha value is -0.0800. The maximum atomic E-state index is 8.87. The molecule has 0 bridgehead atoms. The summed E-state index contributed by atoms with van der Waals surface area (Å²) in [4.78, 5) is 4.68. The van der Waals surface area contributed by atoms with E-state index in [1.54, 1.807) is 0 Å². The van der Waals surface area contributed by atoms with Crippen molar-refractivity contribution in [3.63, 3.8) is 0 Å². The van der Waals surface area contributed by atoms with Gasteiger partial charge in [-0.3, -0.25) is 5.26 Å². The van der Waals surface area contributed by atoms with Gasteiger partial charge in [0.15, 0.2) is 0 Å². The molecular formula is C10H20O2. The van der Waals surface area contributed by atoms with Crippen molar-refractivity contribution in [2.45, 2.75) is 63.9 Å². The Morgan fingerprint density at radius 2 is 1.92 bits per heavy atom. The van der Waals surface area contributed by atoms with Gasteiger partial charge in [0.05, 0.1) is 0 Å². The molecule has 0 radical (unpaired) electrons. The highest BCUT2D eigenvalue weighted by atomic mass is 17.1. The molecule has 0 aromatic heterocycles. The molecule has 0 saturated heterocycles. The van der Waals surface area contributed by atoms with Gasteiger partial charge in [-0.15, -0.1) is 0 Å². The zero-order chi connectivity index (χ0) is 8.86. The van der Waals surface area contributed by atoms with E-state index in [0.29, 0.717) is 0 Å². The van der Waals surface area contributed by atoms with Crippen LogP contribution in [0.1, 0.15) is 58.3 Å². The van der Waals surface area contributed by atoms with Crippen LogP contribution in [-0.4, -0.2) is 10.9 Å². The van der Waals surface area contributed by atoms with Crippen LogP contribution in [0.5, 0.6) is 0 Å². The third-order valence-corrected chi connectivity index (χ3v) is 2.94. The normalized spacial score (nSPS) is 22.5. The number of unbranched alkanes of at least 4 members (excludes halogenated alkanes) is 1. The lowest BCUT2D eigenvalue weighted by Crippen LogP contribution is -2.33. The van der Waals surface area contributed by atoms with Crippen LogP contribution in [-0.2, 0) is 4.89 Å². The number of hydrogen-bond acceptors (Lipinski definition) is 2. The molecule has 2 heteroatoms. The number of hydrogen-bond donors (Lipinski definition) is 1. The molecule has 1 N–H and O–H groups in total. The molecule has 0 heterocycles. The topological polar surface area (TPSA) is 29.5 Å². The van der Waals surface area contributed by atoms with Crippen molar-refractivity contribution >= 4 is 0 Å². The van der Waals surface area contributed by atoms with Crippen molar-refractivity contribution in [2.24, 2.45) is 0 Å². The van der Waals surface area contributed by atoms with Crippen LogP contribution in [0.15, 0.2) is 0 Å². The first-order valence-electron chi connectivity index (χ1n) is 5.15. The predicted molar refractivity (Wildman–Crippen MR) is 49.1 cm³/mol. The third-order valence-electron chi connectivity index (χ3n) is 2.94. The van der Waals surface area contributed by atoms with E-state index in [2.05, 4.69) is 11.8 Å². The summed E-state index contributed by atoms with van der Waals surface area (Å²) in [6, 6.07) is 0. The standard InChI is InChI=1S/C10H20O2/c1-2-3-7-10(12-11)8-5-4-6-9-10/h11H,2-9H2,1H3. The van der Waals surface area contributed by atoms with E-state index in [-0.39, 0.29) is 5.60 Å². The fourth-order valence-corrected chi connectivity index (χ4v) is 2.08. The Bertz CT molecular complexity index is 117. The van der Waals surface area contributed by atoms with Crippen molar-refractivity contribution in [1.29, 1.82) is 0 Å². The molecule has 0 unspecified atom stereocenters. The molecule has 1 aliphatic carbocycles. The van der Waals surface area contributed by atoms with E-state index in [1.807, 2.05) is 0 Å². The predicted octanol–water partition coefficient (Wildman–Crippen LogP) is 3.37. The summed E-state index contributed by atoms with van der Waals surface area (Å²) in [6.07, 6.45) is 9.20. The molecule has 1 saturated carbocycles. The molecule has 0 atom stereocenters. The zero-order valence-electron chi connectivity index (χ0n) is 8.01. The molecule has 2 nitrogen and oxygen atoms in total. The maximum absolute atomic E-state index is 8.87. The second kappa shape index (κ2) is 4.83. The van der Waals surface area contributed by atoms with Crippen molar-refractivity contribution in [3.8, 4) is 0 Å². The largest absolute Gasteiger partial charge is 0.251 e. The molecule has 0 spiro atoms. The molecule has 1 aliphatic rings. The Morgan fingerprint density at radius 3 is 2.42 bits per heavy atom. The molecule has 1 fully saturated rings. The van der Waals surface area contributed by atoms with Crippen molar-refractivity contribution in [1.82, 2.24) is 0 Å². The summed E-state index contributed by atoms with van der Waals surface area (Å²) >= 11 is 0. The zero-order valence-corrected chi connectivity index (χ0v) is 8.01. The first kappa shape index (κ1) is 10.0. The molecule has 0 aromatic carbocycles. The van der Waals surface area contributed by atoms with Crippen LogP contribution in [0.4, 0.5) is 0 Å². The van der Waals surface area contributed by atoms with Gasteiger partial charge in [-0.25, -0.2) is 4.89 Å². The summed E-state index contributed by atoms with van der Waals surface area (Å²) in [7, 11) is 0. The smallest absolute Gasteiger partial charge is 0.103 e. The summed E-state index contributed by atoms with van der Waals surface area (Å²) < 4.78 is 0. The average Bonchev–Trinajstić information content (AvgIpc) is 2.16. The lowest BCUT2D eigenvalue weighted by atomic mass is 9.81. The second-order valence-electron chi connectivity index (χ2n) is 3.94. The summed E-state index contributed by atoms with van der Waals surface area (Å²) in [5.41, 5.74) is -0.172. The Kier molecular flexibility index (Phi) is 4.02. The van der Waals surface area contributed by atoms with Gasteiger partial charge in [-0.05, 0) is 19.3 Å². The SMILES string of the molecule is CCCCC1(OO)CCCCC1. The van der Waals surface area contributed by atoms with E-state index >= 15 is 0 Å². The molecule has 72 valence electrons. The van der Waals surface area contributed by atoms with Gasteiger partial charge in [-0.2, -0.15) is 0 Å². The van der Waals surface area contributed by atoms with Crippen molar-refractivity contribution in [2.75, 3.05) is 0 Å². The van der Waals surface area contributed by atoms with E-state index < -0.39 is 0 Å². The minimum absolute atomic E-state index is 0.172. The lowest BCUT2D eigenvalue weighted by molar-refractivity contribution is -0.332. The van der Waals surface area contributed by atoms with Crippen LogP contribution in [0.2, 0.25) is 0 Å². The summed E-state index contributed by atoms with van der Waals surface area (Å²) in [5, 5.41) is 8.87. The second-order valence-corrected chi connectivity index (χ2v) is 3.94. The monoisotopic (exact) mass is 172 g/mol. The van der Waals surface area contributed by atoms with E-state index in [1.165, 1.54) is 32.1 Å². The van der Waals surface area contributed by atoms with E-state index in [9.17, 15) is 0 Å². The van der Waals surface area contributed by atoms with E-state index in [4.69, 9.17) is 5.26 Å². The van der Waals surface area contributed by atoms with Gasteiger partial charge in [-0.1, -0.05) is 39.0 Å². The summed E-state index contributed by atoms with van der Waals surface area (Å²) in [5.74, 6) is 0. The fraction of sp³-hybridized carbons (Fsp3) is 1.00. The molecule has 0 amide bonds. The highest BCUT2D eigenvalue weighted by Crippen LogP contribution is 2.34. The van der Waals surface area contributed by atoms with Crippen LogP contribution in [0.25, 0.3) is 0 Å². The minimum Gasteiger partial charge on any atom is -0.251 e. The first-order valence-corrected chi connectivity index (χ1v) is 5.15. The molecule has 12 heavy (non-hydrogen) atoms. The van der Waals surface area contributed by atoms with Gasteiger partial charge >= 0.3 is 0 Å². The van der Waals surface area contributed by atoms with Crippen molar-refractivity contribution in [3.05, 3.63) is 0 Å². The van der Waals surface area contributed by atoms with Crippen LogP contribution >= 0.6 is 0 Å². The van der Waals surface area contributed by atoms with Gasteiger partial charge in [0, 0.05) is 0 Å². The molecule has 0 aliphatic heterocycles. The van der Waals surface area contributed by atoms with Gasteiger partial charge in [0.25, 0.3) is 0 Å². The van der Waals surface area contributed by atoms with Gasteiger partial charge in [0.2, 0.25) is 0 Å². The van der Waals surface area contributed by atoms with Gasteiger partial charge in [0.1, 0.15) is 5.60 Å². The lowest BCUT2D eigenvalue weighted by Gasteiger charge is -2.33. The van der Waals surface area contributed by atoms with Crippen LogP contribution < -0.4 is 0 Å². The van der Waals surface area contributed by atoms with Crippen LogP contribution in [0, 0.1) is 0 Å². The Balaban J connectivity index is 2.37. The highest BCUT2D eigenvalue weighted by molar-refractivity contribution is 4.82. The first-order chi connectivity index (χ1) is 5.83. The maximum Gasteiger partial charge on any atom is 0.103 e. The molecule has 1 rings (SSSR count).